The van der Waals surface area contributed by atoms with E-state index in [0.717, 1.165) is 21.6 Å². The third kappa shape index (κ3) is 5.25. The number of nitriles is 1. The standard InChI is InChI=1S/C30H31N5O3S/c1-30(25-16-24(19-39-25)23-10-6-9-21(15-23)17-31)26(27(36)34(2)28(32)33-30)22-11-13-35(14-12-22)29(37)38-18-20-7-4-3-5-8-20/h3-10,15-16,19,22,26H,11-14,18H2,1-2H3,(H2,32,33)/t26-,30+/m0/s1. The minimum Gasteiger partial charge on any atom is -0.445 e. The Kier molecular flexibility index (Phi) is 7.40. The lowest BCUT2D eigenvalue weighted by atomic mass is 9.70. The maximum absolute atomic E-state index is 13.7. The summed E-state index contributed by atoms with van der Waals surface area (Å²) in [5, 5.41) is 23.1. The van der Waals surface area contributed by atoms with E-state index in [2.05, 4.69) is 17.5 Å². The van der Waals surface area contributed by atoms with Crippen molar-refractivity contribution in [2.75, 3.05) is 20.1 Å². The molecule has 5 rings (SSSR count). The molecule has 0 radical (unpaired) electrons. The highest BCUT2D eigenvalue weighted by molar-refractivity contribution is 7.10. The summed E-state index contributed by atoms with van der Waals surface area (Å²) < 4.78 is 5.52. The molecule has 2 atom stereocenters. The molecule has 0 spiro atoms. The largest absolute Gasteiger partial charge is 0.445 e. The minimum absolute atomic E-state index is 0.0243. The maximum Gasteiger partial charge on any atom is 0.410 e. The fourth-order valence-corrected chi connectivity index (χ4v) is 6.69. The molecule has 0 saturated carbocycles. The third-order valence-electron chi connectivity index (χ3n) is 7.84. The van der Waals surface area contributed by atoms with Gasteiger partial charge in [-0.2, -0.15) is 5.26 Å². The van der Waals surface area contributed by atoms with Crippen molar-refractivity contribution >= 4 is 29.3 Å². The molecule has 3 heterocycles. The Hall–Kier alpha value is -4.16. The Bertz CT molecular complexity index is 1420. The van der Waals surface area contributed by atoms with Crippen LogP contribution in [-0.4, -0.2) is 47.9 Å². The van der Waals surface area contributed by atoms with Crippen LogP contribution in [0.1, 0.15) is 35.8 Å². The van der Waals surface area contributed by atoms with Gasteiger partial charge in [0, 0.05) is 25.0 Å². The highest BCUT2D eigenvalue weighted by Crippen LogP contribution is 2.45. The molecular formula is C30H31N5O3S. The van der Waals surface area contributed by atoms with Gasteiger partial charge in [-0.25, -0.2) is 4.79 Å². The summed E-state index contributed by atoms with van der Waals surface area (Å²) in [7, 11) is 1.63. The molecule has 39 heavy (non-hydrogen) atoms. The summed E-state index contributed by atoms with van der Waals surface area (Å²) in [5.74, 6) is -0.401. The first-order valence-electron chi connectivity index (χ1n) is 13.0. The number of amides is 2. The number of carbonyl (C=O) groups is 2. The van der Waals surface area contributed by atoms with Gasteiger partial charge in [-0.05, 0) is 66.0 Å². The Labute approximate surface area is 232 Å². The first kappa shape index (κ1) is 26.4. The fraction of sp³-hybridized carbons (Fsp3) is 0.333. The number of likely N-dealkylation sites (tertiary alicyclic amines) is 1. The van der Waals surface area contributed by atoms with Crippen molar-refractivity contribution in [2.24, 2.45) is 11.8 Å². The average molecular weight is 542 g/mol. The lowest BCUT2D eigenvalue weighted by Gasteiger charge is -2.49. The van der Waals surface area contributed by atoms with E-state index in [1.165, 1.54) is 4.90 Å². The van der Waals surface area contributed by atoms with Crippen LogP contribution in [0, 0.1) is 28.6 Å². The van der Waals surface area contributed by atoms with Crippen LogP contribution in [0.3, 0.4) is 0 Å². The molecule has 2 aliphatic rings. The lowest BCUT2D eigenvalue weighted by molar-refractivity contribution is -0.139. The number of nitrogens with one attached hydrogen (secondary N) is 2. The van der Waals surface area contributed by atoms with Crippen molar-refractivity contribution in [1.29, 1.82) is 10.7 Å². The van der Waals surface area contributed by atoms with Gasteiger partial charge in [0.15, 0.2) is 5.96 Å². The molecule has 2 aliphatic heterocycles. The van der Waals surface area contributed by atoms with Gasteiger partial charge >= 0.3 is 6.09 Å². The number of guanidine groups is 1. The SMILES string of the molecule is CN1C(=N)N[C@](C)(c2cc(-c3cccc(C#N)c3)cs2)[C@@H](C2CCN(C(=O)OCc3ccccc3)CC2)C1=O. The molecule has 0 bridgehead atoms. The Morgan fingerprint density at radius 2 is 1.90 bits per heavy atom. The van der Waals surface area contributed by atoms with Gasteiger partial charge in [0.1, 0.15) is 6.61 Å². The topological polar surface area (TPSA) is 110 Å². The average Bonchev–Trinajstić information content (AvgIpc) is 3.47. The van der Waals surface area contributed by atoms with Crippen molar-refractivity contribution in [1.82, 2.24) is 15.1 Å². The quantitative estimate of drug-likeness (QED) is 0.464. The van der Waals surface area contributed by atoms with E-state index in [0.29, 0.717) is 31.5 Å². The van der Waals surface area contributed by atoms with Crippen molar-refractivity contribution in [3.63, 3.8) is 0 Å². The number of ether oxygens (including phenoxy) is 1. The minimum atomic E-state index is -0.781. The van der Waals surface area contributed by atoms with Gasteiger partial charge in [-0.1, -0.05) is 42.5 Å². The summed E-state index contributed by atoms with van der Waals surface area (Å²) in [6.07, 6.45) is 0.990. The Morgan fingerprint density at radius 1 is 1.15 bits per heavy atom. The monoisotopic (exact) mass is 541 g/mol. The summed E-state index contributed by atoms with van der Waals surface area (Å²) in [6, 6.07) is 21.3. The van der Waals surface area contributed by atoms with E-state index < -0.39 is 11.5 Å². The second kappa shape index (κ2) is 10.9. The number of rotatable bonds is 5. The zero-order valence-electron chi connectivity index (χ0n) is 22.0. The second-order valence-corrected chi connectivity index (χ2v) is 11.2. The van der Waals surface area contributed by atoms with Gasteiger partial charge < -0.3 is 15.0 Å². The summed E-state index contributed by atoms with van der Waals surface area (Å²) in [5.41, 5.74) is 2.66. The molecule has 2 fully saturated rings. The summed E-state index contributed by atoms with van der Waals surface area (Å²) in [4.78, 5) is 30.4. The fourth-order valence-electron chi connectivity index (χ4n) is 5.62. The van der Waals surface area contributed by atoms with Crippen molar-refractivity contribution in [3.05, 3.63) is 82.0 Å². The van der Waals surface area contributed by atoms with Crippen LogP contribution in [0.2, 0.25) is 0 Å². The van der Waals surface area contributed by atoms with Gasteiger partial charge in [-0.15, -0.1) is 11.3 Å². The number of hydrogen-bond donors (Lipinski definition) is 2. The number of nitrogens with zero attached hydrogens (tertiary/aromatic N) is 3. The molecule has 1 aromatic heterocycles. The number of benzene rings is 2. The molecular weight excluding hydrogens is 510 g/mol. The zero-order chi connectivity index (χ0) is 27.6. The van der Waals surface area contributed by atoms with Crippen LogP contribution in [0.25, 0.3) is 11.1 Å². The zero-order valence-corrected chi connectivity index (χ0v) is 22.8. The maximum atomic E-state index is 13.7. The number of carbonyl (C=O) groups excluding carboxylic acids is 2. The van der Waals surface area contributed by atoms with Crippen LogP contribution < -0.4 is 5.32 Å². The van der Waals surface area contributed by atoms with Crippen LogP contribution >= 0.6 is 11.3 Å². The predicted molar refractivity (Wildman–Crippen MR) is 150 cm³/mol. The molecule has 0 unspecified atom stereocenters. The van der Waals surface area contributed by atoms with Gasteiger partial charge in [0.25, 0.3) is 0 Å². The van der Waals surface area contributed by atoms with Gasteiger partial charge in [0.05, 0.1) is 23.1 Å². The first-order valence-corrected chi connectivity index (χ1v) is 13.9. The third-order valence-corrected chi connectivity index (χ3v) is 9.01. The predicted octanol–water partition coefficient (Wildman–Crippen LogP) is 5.16. The van der Waals surface area contributed by atoms with Crippen LogP contribution in [0.4, 0.5) is 4.79 Å². The highest BCUT2D eigenvalue weighted by Gasteiger charge is 2.52. The molecule has 200 valence electrons. The molecule has 2 aromatic carbocycles. The number of piperidine rings is 1. The smallest absolute Gasteiger partial charge is 0.410 e. The van der Waals surface area contributed by atoms with Crippen LogP contribution in [0.5, 0.6) is 0 Å². The Balaban J connectivity index is 1.33. The van der Waals surface area contributed by atoms with Crippen molar-refractivity contribution in [3.8, 4) is 17.2 Å². The van der Waals surface area contributed by atoms with E-state index in [1.54, 1.807) is 29.4 Å². The van der Waals surface area contributed by atoms with E-state index in [4.69, 9.17) is 10.1 Å². The normalized spacial score (nSPS) is 21.8. The Morgan fingerprint density at radius 3 is 2.62 bits per heavy atom. The molecule has 3 aromatic rings. The second-order valence-electron chi connectivity index (χ2n) is 10.3. The first-order chi connectivity index (χ1) is 18.8. The van der Waals surface area contributed by atoms with E-state index in [1.807, 2.05) is 60.8 Å². The summed E-state index contributed by atoms with van der Waals surface area (Å²) in [6.45, 7) is 3.25. The van der Waals surface area contributed by atoms with E-state index in [-0.39, 0.29) is 30.5 Å². The molecule has 9 heteroatoms. The van der Waals surface area contributed by atoms with Crippen molar-refractivity contribution < 1.29 is 14.3 Å². The van der Waals surface area contributed by atoms with E-state index >= 15 is 0 Å². The number of hydrogen-bond acceptors (Lipinski definition) is 6. The molecule has 0 aliphatic carbocycles. The number of thiophene rings is 1. The molecule has 2 amide bonds. The van der Waals surface area contributed by atoms with Crippen LogP contribution in [0.15, 0.2) is 66.0 Å². The summed E-state index contributed by atoms with van der Waals surface area (Å²) >= 11 is 1.55. The lowest BCUT2D eigenvalue weighted by Crippen LogP contribution is -2.65. The van der Waals surface area contributed by atoms with E-state index in [9.17, 15) is 14.9 Å². The van der Waals surface area contributed by atoms with Crippen LogP contribution in [-0.2, 0) is 21.7 Å². The van der Waals surface area contributed by atoms with Crippen molar-refractivity contribution in [2.45, 2.75) is 31.9 Å². The molecule has 2 N–H and O–H groups in total. The van der Waals surface area contributed by atoms with Gasteiger partial charge in [-0.3, -0.25) is 15.1 Å². The molecule has 2 saturated heterocycles. The molecule has 8 nitrogen and oxygen atoms in total. The van der Waals surface area contributed by atoms with Gasteiger partial charge in [0.2, 0.25) is 5.91 Å². The highest BCUT2D eigenvalue weighted by atomic mass is 32.1.